The van der Waals surface area contributed by atoms with Gasteiger partial charge in [0, 0.05) is 19.0 Å². The summed E-state index contributed by atoms with van der Waals surface area (Å²) in [5.74, 6) is 4.52. The average Bonchev–Trinajstić information content (AvgIpc) is 2.46. The number of rotatable bonds is 3. The fourth-order valence-electron chi connectivity index (χ4n) is 4.43. The van der Waals surface area contributed by atoms with E-state index in [0.29, 0.717) is 17.7 Å². The summed E-state index contributed by atoms with van der Waals surface area (Å²) in [6.07, 6.45) is 6.03. The van der Waals surface area contributed by atoms with Crippen LogP contribution in [0.3, 0.4) is 0 Å². The van der Waals surface area contributed by atoms with Gasteiger partial charge in [0.25, 0.3) is 0 Å². The second-order valence-corrected chi connectivity index (χ2v) is 8.31. The monoisotopic (exact) mass is 293 g/mol. The Morgan fingerprint density at radius 2 is 1.48 bits per heavy atom. The van der Waals surface area contributed by atoms with Gasteiger partial charge in [0.05, 0.1) is 0 Å². The van der Waals surface area contributed by atoms with Crippen LogP contribution in [0.25, 0.3) is 0 Å². The quantitative estimate of drug-likeness (QED) is 0.745. The Balaban J connectivity index is 1.87. The Bertz CT molecular complexity index is 341. The fraction of sp³-hybridized carbons (Fsp3) is 0.947. The van der Waals surface area contributed by atoms with Gasteiger partial charge in [-0.1, -0.05) is 34.6 Å². The topological polar surface area (TPSA) is 20.3 Å². The standard InChI is InChI=1S/C19H35NO/c1-13(2)16-8-10-20(11-9-16)19(21)18-7-6-17(14(3)4)12-15(18)5/h13-18H,6-12H2,1-5H3/t15-,17?,18+/m0/s1. The Morgan fingerprint density at radius 1 is 0.905 bits per heavy atom. The van der Waals surface area contributed by atoms with Crippen LogP contribution in [0.4, 0.5) is 0 Å². The molecule has 1 aliphatic heterocycles. The van der Waals surface area contributed by atoms with Crippen LogP contribution in [0, 0.1) is 35.5 Å². The van der Waals surface area contributed by atoms with E-state index in [4.69, 9.17) is 0 Å². The first-order chi connectivity index (χ1) is 9.90. The van der Waals surface area contributed by atoms with Gasteiger partial charge in [-0.15, -0.1) is 0 Å². The molecule has 3 atom stereocenters. The van der Waals surface area contributed by atoms with Crippen molar-refractivity contribution in [1.29, 1.82) is 0 Å². The van der Waals surface area contributed by atoms with Gasteiger partial charge in [-0.2, -0.15) is 0 Å². The number of hydrogen-bond acceptors (Lipinski definition) is 1. The molecule has 1 saturated carbocycles. The minimum absolute atomic E-state index is 0.301. The van der Waals surface area contributed by atoms with Crippen LogP contribution in [-0.4, -0.2) is 23.9 Å². The van der Waals surface area contributed by atoms with Crippen molar-refractivity contribution >= 4 is 5.91 Å². The lowest BCUT2D eigenvalue weighted by atomic mass is 9.70. The SMILES string of the molecule is CC(C)C1CCN(C(=O)[C@@H]2CCC(C(C)C)C[C@@H]2C)CC1. The van der Waals surface area contributed by atoms with Gasteiger partial charge in [0.15, 0.2) is 0 Å². The van der Waals surface area contributed by atoms with Gasteiger partial charge in [-0.3, -0.25) is 4.79 Å². The van der Waals surface area contributed by atoms with Gasteiger partial charge in [0.1, 0.15) is 0 Å². The highest BCUT2D eigenvalue weighted by atomic mass is 16.2. The molecule has 1 amide bonds. The van der Waals surface area contributed by atoms with Crippen LogP contribution in [-0.2, 0) is 4.79 Å². The Morgan fingerprint density at radius 3 is 1.95 bits per heavy atom. The zero-order valence-electron chi connectivity index (χ0n) is 14.8. The molecule has 2 aliphatic rings. The van der Waals surface area contributed by atoms with Crippen LogP contribution >= 0.6 is 0 Å². The third-order valence-corrected chi connectivity index (χ3v) is 6.26. The highest BCUT2D eigenvalue weighted by molar-refractivity contribution is 5.79. The van der Waals surface area contributed by atoms with Crippen molar-refractivity contribution in [2.45, 2.75) is 66.7 Å². The van der Waals surface area contributed by atoms with Gasteiger partial charge < -0.3 is 4.90 Å². The summed E-state index contributed by atoms with van der Waals surface area (Å²) >= 11 is 0. The molecule has 0 aromatic rings. The van der Waals surface area contributed by atoms with Gasteiger partial charge in [-0.05, 0) is 61.7 Å². The highest BCUT2D eigenvalue weighted by Crippen LogP contribution is 2.38. The third-order valence-electron chi connectivity index (χ3n) is 6.26. The molecule has 2 rings (SSSR count). The number of carbonyl (C=O) groups excluding carboxylic acids is 1. The molecule has 2 heteroatoms. The Kier molecular flexibility index (Phi) is 5.73. The first-order valence-corrected chi connectivity index (χ1v) is 9.19. The molecule has 1 aliphatic carbocycles. The van der Waals surface area contributed by atoms with Crippen LogP contribution in [0.2, 0.25) is 0 Å². The number of piperidine rings is 1. The Hall–Kier alpha value is -0.530. The number of nitrogens with zero attached hydrogens (tertiary/aromatic N) is 1. The zero-order valence-corrected chi connectivity index (χ0v) is 14.8. The molecular weight excluding hydrogens is 258 g/mol. The maximum Gasteiger partial charge on any atom is 0.225 e. The zero-order chi connectivity index (χ0) is 15.6. The van der Waals surface area contributed by atoms with E-state index in [0.717, 1.165) is 43.2 Å². The molecule has 122 valence electrons. The van der Waals surface area contributed by atoms with E-state index in [1.165, 1.54) is 25.7 Å². The summed E-state index contributed by atoms with van der Waals surface area (Å²) in [4.78, 5) is 15.0. The summed E-state index contributed by atoms with van der Waals surface area (Å²) in [6.45, 7) is 13.6. The van der Waals surface area contributed by atoms with E-state index in [2.05, 4.69) is 39.5 Å². The molecular formula is C19H35NO. The van der Waals surface area contributed by atoms with E-state index in [1.54, 1.807) is 0 Å². The lowest BCUT2D eigenvalue weighted by molar-refractivity contribution is -0.140. The normalized spacial score (nSPS) is 32.0. The van der Waals surface area contributed by atoms with Crippen molar-refractivity contribution in [1.82, 2.24) is 4.90 Å². The van der Waals surface area contributed by atoms with E-state index in [-0.39, 0.29) is 0 Å². The molecule has 1 saturated heterocycles. The minimum Gasteiger partial charge on any atom is -0.342 e. The molecule has 21 heavy (non-hydrogen) atoms. The summed E-state index contributed by atoms with van der Waals surface area (Å²) in [7, 11) is 0. The van der Waals surface area contributed by atoms with Crippen LogP contribution in [0.1, 0.15) is 66.7 Å². The first kappa shape index (κ1) is 16.8. The highest BCUT2D eigenvalue weighted by Gasteiger charge is 2.36. The number of amides is 1. The first-order valence-electron chi connectivity index (χ1n) is 9.19. The van der Waals surface area contributed by atoms with Crippen molar-refractivity contribution in [2.24, 2.45) is 35.5 Å². The summed E-state index contributed by atoms with van der Waals surface area (Å²) in [5, 5.41) is 0. The van der Waals surface area contributed by atoms with Crippen molar-refractivity contribution in [3.8, 4) is 0 Å². The molecule has 1 heterocycles. The van der Waals surface area contributed by atoms with E-state index in [9.17, 15) is 4.79 Å². The van der Waals surface area contributed by atoms with Crippen LogP contribution < -0.4 is 0 Å². The summed E-state index contributed by atoms with van der Waals surface area (Å²) in [5.41, 5.74) is 0. The predicted molar refractivity (Wildman–Crippen MR) is 89.0 cm³/mol. The predicted octanol–water partition coefficient (Wildman–Crippen LogP) is 4.59. The molecule has 2 fully saturated rings. The van der Waals surface area contributed by atoms with E-state index in [1.807, 2.05) is 0 Å². The fourth-order valence-corrected chi connectivity index (χ4v) is 4.43. The van der Waals surface area contributed by atoms with Crippen molar-refractivity contribution in [2.75, 3.05) is 13.1 Å². The van der Waals surface area contributed by atoms with Crippen molar-refractivity contribution < 1.29 is 4.79 Å². The minimum atomic E-state index is 0.301. The maximum atomic E-state index is 12.8. The van der Waals surface area contributed by atoms with Crippen molar-refractivity contribution in [3.63, 3.8) is 0 Å². The number of likely N-dealkylation sites (tertiary alicyclic amines) is 1. The lowest BCUT2D eigenvalue weighted by Crippen LogP contribution is -2.45. The maximum absolute atomic E-state index is 12.8. The molecule has 0 radical (unpaired) electrons. The molecule has 0 aromatic heterocycles. The summed E-state index contributed by atoms with van der Waals surface area (Å²) < 4.78 is 0. The third kappa shape index (κ3) is 4.02. The molecule has 0 spiro atoms. The lowest BCUT2D eigenvalue weighted by Gasteiger charge is -2.40. The average molecular weight is 293 g/mol. The molecule has 2 nitrogen and oxygen atoms in total. The molecule has 1 unspecified atom stereocenters. The molecule has 0 N–H and O–H groups in total. The van der Waals surface area contributed by atoms with Crippen LogP contribution in [0.15, 0.2) is 0 Å². The number of hydrogen-bond donors (Lipinski definition) is 0. The van der Waals surface area contributed by atoms with Gasteiger partial charge in [-0.25, -0.2) is 0 Å². The van der Waals surface area contributed by atoms with Crippen LogP contribution in [0.5, 0.6) is 0 Å². The van der Waals surface area contributed by atoms with Crippen molar-refractivity contribution in [3.05, 3.63) is 0 Å². The Labute approximate surface area is 131 Å². The largest absolute Gasteiger partial charge is 0.342 e. The number of carbonyl (C=O) groups is 1. The smallest absolute Gasteiger partial charge is 0.225 e. The molecule has 0 bridgehead atoms. The van der Waals surface area contributed by atoms with E-state index < -0.39 is 0 Å². The van der Waals surface area contributed by atoms with E-state index >= 15 is 0 Å². The van der Waals surface area contributed by atoms with Gasteiger partial charge >= 0.3 is 0 Å². The summed E-state index contributed by atoms with van der Waals surface area (Å²) in [6, 6.07) is 0. The second-order valence-electron chi connectivity index (χ2n) is 8.31. The van der Waals surface area contributed by atoms with Gasteiger partial charge in [0.2, 0.25) is 5.91 Å². The molecule has 0 aromatic carbocycles. The second kappa shape index (κ2) is 7.15.